The van der Waals surface area contributed by atoms with Gasteiger partial charge in [0.1, 0.15) is 0 Å². The first-order valence-electron chi connectivity index (χ1n) is 7.82. The highest BCUT2D eigenvalue weighted by molar-refractivity contribution is 5.95. The summed E-state index contributed by atoms with van der Waals surface area (Å²) in [6.07, 6.45) is 5.91. The molecule has 0 fully saturated rings. The number of carbonyl (C=O) groups is 1. The third kappa shape index (κ3) is 6.09. The van der Waals surface area contributed by atoms with E-state index in [1.165, 1.54) is 25.7 Å². The molecule has 0 aliphatic heterocycles. The molecule has 1 amide bonds. The Morgan fingerprint density at radius 2 is 2.00 bits per heavy atom. The van der Waals surface area contributed by atoms with Crippen molar-refractivity contribution in [3.05, 3.63) is 29.8 Å². The largest absolute Gasteiger partial charge is 0.383 e. The Hall–Kier alpha value is -1.51. The monoisotopic (exact) mass is 276 g/mol. The van der Waals surface area contributed by atoms with E-state index in [4.69, 9.17) is 0 Å². The van der Waals surface area contributed by atoms with E-state index in [-0.39, 0.29) is 5.91 Å². The molecule has 0 aliphatic rings. The molecule has 0 radical (unpaired) electrons. The summed E-state index contributed by atoms with van der Waals surface area (Å²) in [6, 6.07) is 8.18. The third-order valence-corrected chi connectivity index (χ3v) is 3.31. The molecule has 3 heteroatoms. The summed E-state index contributed by atoms with van der Waals surface area (Å²) in [5.74, 6) is 0.00846. The van der Waals surface area contributed by atoms with Gasteiger partial charge in [0.15, 0.2) is 0 Å². The molecule has 3 nitrogen and oxygen atoms in total. The number of rotatable bonds is 9. The highest BCUT2D eigenvalue weighted by atomic mass is 16.1. The molecule has 1 rings (SSSR count). The van der Waals surface area contributed by atoms with E-state index in [1.54, 1.807) is 0 Å². The van der Waals surface area contributed by atoms with Gasteiger partial charge in [-0.1, -0.05) is 39.2 Å². The van der Waals surface area contributed by atoms with Gasteiger partial charge in [0.05, 0.1) is 0 Å². The molecular weight excluding hydrogens is 248 g/mol. The molecule has 0 aromatic heterocycles. The maximum Gasteiger partial charge on any atom is 0.251 e. The van der Waals surface area contributed by atoms with Crippen LogP contribution in [0.1, 0.15) is 63.2 Å². The highest BCUT2D eigenvalue weighted by Gasteiger charge is 2.07. The molecule has 0 spiro atoms. The standard InChI is InChI=1S/C17H28N2O/c1-4-6-7-9-14(3)19-16-11-8-10-15(13-16)17(20)18-12-5-2/h8,10-11,13-14,19H,4-7,9,12H2,1-3H3,(H,18,20). The minimum atomic E-state index is 0.00846. The van der Waals surface area contributed by atoms with E-state index in [9.17, 15) is 4.79 Å². The second-order valence-electron chi connectivity index (χ2n) is 5.38. The molecule has 20 heavy (non-hydrogen) atoms. The maximum atomic E-state index is 11.9. The number of nitrogens with one attached hydrogen (secondary N) is 2. The molecule has 1 unspecified atom stereocenters. The average molecular weight is 276 g/mol. The zero-order valence-corrected chi connectivity index (χ0v) is 13.0. The van der Waals surface area contributed by atoms with Gasteiger partial charge < -0.3 is 10.6 Å². The SMILES string of the molecule is CCCCCC(C)Nc1cccc(C(=O)NCCC)c1. The van der Waals surface area contributed by atoms with E-state index < -0.39 is 0 Å². The van der Waals surface area contributed by atoms with Gasteiger partial charge in [0.25, 0.3) is 5.91 Å². The molecule has 0 bridgehead atoms. The lowest BCUT2D eigenvalue weighted by atomic mass is 10.1. The van der Waals surface area contributed by atoms with Crippen molar-refractivity contribution in [3.8, 4) is 0 Å². The van der Waals surface area contributed by atoms with E-state index in [1.807, 2.05) is 24.3 Å². The normalized spacial score (nSPS) is 11.9. The predicted octanol–water partition coefficient (Wildman–Crippen LogP) is 4.21. The van der Waals surface area contributed by atoms with Crippen molar-refractivity contribution >= 4 is 11.6 Å². The van der Waals surface area contributed by atoms with Gasteiger partial charge in [0, 0.05) is 23.8 Å². The fourth-order valence-corrected chi connectivity index (χ4v) is 2.15. The molecule has 0 aliphatic carbocycles. The van der Waals surface area contributed by atoms with Crippen molar-refractivity contribution in [2.45, 2.75) is 58.9 Å². The van der Waals surface area contributed by atoms with E-state index in [0.717, 1.165) is 24.2 Å². The van der Waals surface area contributed by atoms with Gasteiger partial charge >= 0.3 is 0 Å². The summed E-state index contributed by atoms with van der Waals surface area (Å²) in [4.78, 5) is 11.9. The average Bonchev–Trinajstić information content (AvgIpc) is 2.45. The first-order valence-corrected chi connectivity index (χ1v) is 7.82. The number of carbonyl (C=O) groups excluding carboxylic acids is 1. The second-order valence-corrected chi connectivity index (χ2v) is 5.38. The zero-order valence-electron chi connectivity index (χ0n) is 13.0. The van der Waals surface area contributed by atoms with E-state index in [0.29, 0.717) is 6.04 Å². The Kier molecular flexibility index (Phi) is 7.78. The van der Waals surface area contributed by atoms with Gasteiger partial charge in [-0.25, -0.2) is 0 Å². The van der Waals surface area contributed by atoms with Crippen molar-refractivity contribution < 1.29 is 4.79 Å². The van der Waals surface area contributed by atoms with Gasteiger partial charge in [-0.3, -0.25) is 4.79 Å². The Morgan fingerprint density at radius 3 is 2.70 bits per heavy atom. The summed E-state index contributed by atoms with van der Waals surface area (Å²) < 4.78 is 0. The fourth-order valence-electron chi connectivity index (χ4n) is 2.15. The number of hydrogen-bond donors (Lipinski definition) is 2. The van der Waals surface area contributed by atoms with E-state index in [2.05, 4.69) is 31.4 Å². The number of amides is 1. The van der Waals surface area contributed by atoms with Crippen molar-refractivity contribution in [1.82, 2.24) is 5.32 Å². The molecule has 0 saturated carbocycles. The quantitative estimate of drug-likeness (QED) is 0.663. The lowest BCUT2D eigenvalue weighted by molar-refractivity contribution is 0.0953. The van der Waals surface area contributed by atoms with Crippen LogP contribution in [0.25, 0.3) is 0 Å². The number of unbranched alkanes of at least 4 members (excludes halogenated alkanes) is 2. The van der Waals surface area contributed by atoms with Crippen LogP contribution in [0.3, 0.4) is 0 Å². The molecule has 1 aromatic rings. The smallest absolute Gasteiger partial charge is 0.251 e. The summed E-state index contributed by atoms with van der Waals surface area (Å²) in [5.41, 5.74) is 1.75. The number of anilines is 1. The summed E-state index contributed by atoms with van der Waals surface area (Å²) in [5, 5.41) is 6.38. The third-order valence-electron chi connectivity index (χ3n) is 3.31. The van der Waals surface area contributed by atoms with Gasteiger partial charge in [-0.05, 0) is 38.0 Å². The van der Waals surface area contributed by atoms with Crippen LogP contribution >= 0.6 is 0 Å². The number of hydrogen-bond acceptors (Lipinski definition) is 2. The Morgan fingerprint density at radius 1 is 1.20 bits per heavy atom. The predicted molar refractivity (Wildman–Crippen MR) is 86.3 cm³/mol. The van der Waals surface area contributed by atoms with Crippen molar-refractivity contribution in [3.63, 3.8) is 0 Å². The first kappa shape index (κ1) is 16.5. The van der Waals surface area contributed by atoms with Gasteiger partial charge in [-0.2, -0.15) is 0 Å². The zero-order chi connectivity index (χ0) is 14.8. The Balaban J connectivity index is 2.52. The lowest BCUT2D eigenvalue weighted by Crippen LogP contribution is -2.24. The summed E-state index contributed by atoms with van der Waals surface area (Å²) in [6.45, 7) is 7.19. The number of benzene rings is 1. The van der Waals surface area contributed by atoms with Gasteiger partial charge in [0.2, 0.25) is 0 Å². The minimum absolute atomic E-state index is 0.00846. The highest BCUT2D eigenvalue weighted by Crippen LogP contribution is 2.14. The fraction of sp³-hybridized carbons (Fsp3) is 0.588. The molecular formula is C17H28N2O. The summed E-state index contributed by atoms with van der Waals surface area (Å²) in [7, 11) is 0. The van der Waals surface area contributed by atoms with Crippen LogP contribution in [0.15, 0.2) is 24.3 Å². The molecule has 112 valence electrons. The minimum Gasteiger partial charge on any atom is -0.383 e. The first-order chi connectivity index (χ1) is 9.67. The molecule has 0 heterocycles. The molecule has 1 aromatic carbocycles. The van der Waals surface area contributed by atoms with Crippen LogP contribution in [-0.2, 0) is 0 Å². The molecule has 1 atom stereocenters. The molecule has 0 saturated heterocycles. The molecule has 2 N–H and O–H groups in total. The Bertz CT molecular complexity index is 404. The van der Waals surface area contributed by atoms with Crippen LogP contribution < -0.4 is 10.6 Å². The van der Waals surface area contributed by atoms with Crippen molar-refractivity contribution in [2.24, 2.45) is 0 Å². The lowest BCUT2D eigenvalue weighted by Gasteiger charge is -2.15. The Labute approximate surface area is 123 Å². The van der Waals surface area contributed by atoms with Crippen LogP contribution in [0.5, 0.6) is 0 Å². The maximum absolute atomic E-state index is 11.9. The van der Waals surface area contributed by atoms with Crippen molar-refractivity contribution in [2.75, 3.05) is 11.9 Å². The van der Waals surface area contributed by atoms with Crippen molar-refractivity contribution in [1.29, 1.82) is 0 Å². The van der Waals surface area contributed by atoms with Crippen LogP contribution in [-0.4, -0.2) is 18.5 Å². The summed E-state index contributed by atoms with van der Waals surface area (Å²) >= 11 is 0. The van der Waals surface area contributed by atoms with Gasteiger partial charge in [-0.15, -0.1) is 0 Å². The van der Waals surface area contributed by atoms with Crippen LogP contribution in [0.4, 0.5) is 5.69 Å². The van der Waals surface area contributed by atoms with Crippen LogP contribution in [0, 0.1) is 0 Å². The van der Waals surface area contributed by atoms with E-state index >= 15 is 0 Å². The van der Waals surface area contributed by atoms with Crippen LogP contribution in [0.2, 0.25) is 0 Å². The second kappa shape index (κ2) is 9.40. The topological polar surface area (TPSA) is 41.1 Å².